The molecule has 1 saturated heterocycles. The zero-order chi connectivity index (χ0) is 29.9. The lowest BCUT2D eigenvalue weighted by Crippen LogP contribution is -2.43. The van der Waals surface area contributed by atoms with E-state index < -0.39 is 68.7 Å². The van der Waals surface area contributed by atoms with E-state index in [4.69, 9.17) is 14.2 Å². The highest BCUT2D eigenvalue weighted by Gasteiger charge is 2.47. The average molecular weight is 592 g/mol. The fourth-order valence-corrected chi connectivity index (χ4v) is 6.62. The van der Waals surface area contributed by atoms with Crippen LogP contribution in [0, 0.1) is 0 Å². The number of rotatable bonds is 13. The molecule has 0 aliphatic carbocycles. The van der Waals surface area contributed by atoms with Gasteiger partial charge in [0.05, 0.1) is 13.2 Å². The fourth-order valence-electron chi connectivity index (χ4n) is 4.13. The number of aliphatic hydroxyl groups is 3. The first-order valence-electron chi connectivity index (χ1n) is 12.4. The van der Waals surface area contributed by atoms with Gasteiger partial charge in [0.1, 0.15) is 25.0 Å². The first-order valence-corrected chi connectivity index (χ1v) is 14.2. The van der Waals surface area contributed by atoms with Gasteiger partial charge in [0.15, 0.2) is 23.0 Å². The summed E-state index contributed by atoms with van der Waals surface area (Å²) >= 11 is 0. The number of aliphatic hydroxyl groups excluding tert-OH is 3. The summed E-state index contributed by atoms with van der Waals surface area (Å²) in [6.07, 6.45) is -6.45. The van der Waals surface area contributed by atoms with E-state index in [0.717, 1.165) is 4.68 Å². The maximum atomic E-state index is 13.5. The standard InChI is InChI=1S/C21H34N7O11P/c1-6-37-20(35)13-12-14(27(8-29)23-13)17(32)28(26-22-12)18-16(31)15(30)11(39-18)7-38-21(19(33)34)40(36,24-9(2)3)25-10(4)5/h9-11,15-16,18,21,29-31H,6-8H2,1-5H3,(H,33,34)(H2,24,25,36). The van der Waals surface area contributed by atoms with Gasteiger partial charge in [0.25, 0.3) is 13.0 Å². The SMILES string of the molecule is CCOC(=O)c1nn(CO)c2c(=O)n(C3OC(COC(C(=O)O)P(=O)(NC(C)C)NC(C)C)C(O)C3O)nnc12. The lowest BCUT2D eigenvalue weighted by molar-refractivity contribution is -0.148. The normalized spacial score (nSPS) is 22.4. The summed E-state index contributed by atoms with van der Waals surface area (Å²) in [5, 5.41) is 57.4. The number of ether oxygens (including phenoxy) is 3. The number of esters is 1. The topological polar surface area (TPSA) is 249 Å². The zero-order valence-corrected chi connectivity index (χ0v) is 23.4. The van der Waals surface area contributed by atoms with Crippen LogP contribution in [0.4, 0.5) is 0 Å². The quantitative estimate of drug-likeness (QED) is 0.113. The lowest BCUT2D eigenvalue weighted by Gasteiger charge is -2.30. The number of nitrogens with zero attached hydrogens (tertiary/aromatic N) is 5. The van der Waals surface area contributed by atoms with Crippen molar-refractivity contribution in [2.75, 3.05) is 13.2 Å². The molecule has 0 aromatic carbocycles. The number of nitrogens with one attached hydrogen (secondary N) is 2. The van der Waals surface area contributed by atoms with Crippen molar-refractivity contribution >= 4 is 30.4 Å². The Labute approximate surface area is 227 Å². The van der Waals surface area contributed by atoms with Gasteiger partial charge < -0.3 is 34.6 Å². The van der Waals surface area contributed by atoms with Crippen LogP contribution in [0.1, 0.15) is 51.3 Å². The number of carboxylic acid groups (broad SMARTS) is 1. The van der Waals surface area contributed by atoms with E-state index in [9.17, 15) is 39.4 Å². The molecule has 19 heteroatoms. The second-order valence-corrected chi connectivity index (χ2v) is 11.8. The Hall–Kier alpha value is -2.83. The summed E-state index contributed by atoms with van der Waals surface area (Å²) in [5.41, 5.74) is -1.96. The lowest BCUT2D eigenvalue weighted by atomic mass is 10.1. The third kappa shape index (κ3) is 6.39. The van der Waals surface area contributed by atoms with Gasteiger partial charge in [-0.2, -0.15) is 9.78 Å². The number of aliphatic carboxylic acids is 1. The van der Waals surface area contributed by atoms with E-state index >= 15 is 0 Å². The van der Waals surface area contributed by atoms with Crippen LogP contribution in [-0.4, -0.2) is 107 Å². The van der Waals surface area contributed by atoms with E-state index in [-0.39, 0.29) is 35.4 Å². The van der Waals surface area contributed by atoms with E-state index in [0.29, 0.717) is 4.68 Å². The molecule has 2 aromatic heterocycles. The molecule has 224 valence electrons. The maximum absolute atomic E-state index is 13.5. The van der Waals surface area contributed by atoms with Gasteiger partial charge in [-0.3, -0.25) is 9.36 Å². The van der Waals surface area contributed by atoms with Gasteiger partial charge in [0.2, 0.25) is 5.85 Å². The Morgan fingerprint density at radius 2 is 1.77 bits per heavy atom. The molecule has 0 spiro atoms. The highest BCUT2D eigenvalue weighted by Crippen LogP contribution is 2.44. The number of carbonyl (C=O) groups excluding carboxylic acids is 1. The van der Waals surface area contributed by atoms with Gasteiger partial charge in [-0.25, -0.2) is 24.4 Å². The highest BCUT2D eigenvalue weighted by molar-refractivity contribution is 7.61. The summed E-state index contributed by atoms with van der Waals surface area (Å²) in [7, 11) is -3.89. The Balaban J connectivity index is 1.89. The minimum absolute atomic E-state index is 0.0134. The molecule has 0 saturated carbocycles. The number of aromatic nitrogens is 5. The molecular weight excluding hydrogens is 557 g/mol. The summed E-state index contributed by atoms with van der Waals surface area (Å²) in [6, 6.07) is -0.752. The van der Waals surface area contributed by atoms with Gasteiger partial charge in [-0.1, -0.05) is 5.21 Å². The molecule has 18 nitrogen and oxygen atoms in total. The van der Waals surface area contributed by atoms with Crippen LogP contribution >= 0.6 is 7.44 Å². The summed E-state index contributed by atoms with van der Waals surface area (Å²) in [6.45, 7) is 6.82. The summed E-state index contributed by atoms with van der Waals surface area (Å²) < 4.78 is 30.8. The number of fused-ring (bicyclic) bond motifs is 1. The third-order valence-electron chi connectivity index (χ3n) is 5.62. The molecule has 0 bridgehead atoms. The van der Waals surface area contributed by atoms with Crippen molar-refractivity contribution in [3.8, 4) is 0 Å². The van der Waals surface area contributed by atoms with Crippen LogP contribution in [0.3, 0.4) is 0 Å². The minimum atomic E-state index is -3.89. The van der Waals surface area contributed by atoms with E-state index in [1.54, 1.807) is 34.6 Å². The second-order valence-electron chi connectivity index (χ2n) is 9.54. The largest absolute Gasteiger partial charge is 0.479 e. The van der Waals surface area contributed by atoms with E-state index in [2.05, 4.69) is 25.6 Å². The molecule has 3 heterocycles. The molecule has 1 aliphatic rings. The van der Waals surface area contributed by atoms with Crippen LogP contribution < -0.4 is 15.7 Å². The highest BCUT2D eigenvalue weighted by atomic mass is 31.2. The number of hydrogen-bond acceptors (Lipinski definition) is 13. The van der Waals surface area contributed by atoms with Crippen molar-refractivity contribution in [3.63, 3.8) is 0 Å². The molecule has 2 aromatic rings. The predicted molar refractivity (Wildman–Crippen MR) is 135 cm³/mol. The monoisotopic (exact) mass is 591 g/mol. The average Bonchev–Trinajstić information content (AvgIpc) is 3.36. The molecule has 40 heavy (non-hydrogen) atoms. The first kappa shape index (κ1) is 31.7. The zero-order valence-electron chi connectivity index (χ0n) is 22.5. The molecule has 1 aliphatic heterocycles. The van der Waals surface area contributed by atoms with E-state index in [1.165, 1.54) is 0 Å². The summed E-state index contributed by atoms with van der Waals surface area (Å²) in [5.74, 6) is -4.33. The molecule has 6 N–H and O–H groups in total. The number of carboxylic acids is 1. The second kappa shape index (κ2) is 12.8. The Morgan fingerprint density at radius 1 is 1.15 bits per heavy atom. The van der Waals surface area contributed by atoms with Crippen LogP contribution in [0.5, 0.6) is 0 Å². The van der Waals surface area contributed by atoms with Crippen LogP contribution in [0.25, 0.3) is 11.0 Å². The minimum Gasteiger partial charge on any atom is -0.479 e. The van der Waals surface area contributed by atoms with Gasteiger partial charge >= 0.3 is 11.9 Å². The van der Waals surface area contributed by atoms with Gasteiger partial charge in [-0.05, 0) is 34.6 Å². The Kier molecular flexibility index (Phi) is 10.1. The maximum Gasteiger partial charge on any atom is 0.361 e. The van der Waals surface area contributed by atoms with Gasteiger partial charge in [0, 0.05) is 12.1 Å². The Morgan fingerprint density at radius 3 is 2.30 bits per heavy atom. The van der Waals surface area contributed by atoms with Crippen LogP contribution in [0.2, 0.25) is 0 Å². The predicted octanol–water partition coefficient (Wildman–Crippen LogP) is -1.65. The molecule has 5 unspecified atom stereocenters. The smallest absolute Gasteiger partial charge is 0.361 e. The third-order valence-corrected chi connectivity index (χ3v) is 8.45. The molecule has 3 rings (SSSR count). The van der Waals surface area contributed by atoms with Crippen molar-refractivity contribution in [3.05, 3.63) is 16.0 Å². The number of carbonyl (C=O) groups is 2. The van der Waals surface area contributed by atoms with Crippen molar-refractivity contribution in [2.45, 2.75) is 83.8 Å². The molecule has 0 amide bonds. The van der Waals surface area contributed by atoms with Crippen molar-refractivity contribution in [1.29, 1.82) is 0 Å². The van der Waals surface area contributed by atoms with Crippen LogP contribution in [0.15, 0.2) is 4.79 Å². The molecule has 1 fully saturated rings. The fraction of sp³-hybridized carbons (Fsp3) is 0.714. The molecule has 0 radical (unpaired) electrons. The number of hydrogen-bond donors (Lipinski definition) is 6. The first-order chi connectivity index (χ1) is 18.7. The van der Waals surface area contributed by atoms with Crippen molar-refractivity contribution in [1.82, 2.24) is 34.9 Å². The van der Waals surface area contributed by atoms with Gasteiger partial charge in [-0.15, -0.1) is 5.10 Å². The van der Waals surface area contributed by atoms with E-state index in [1.807, 2.05) is 0 Å². The Bertz CT molecular complexity index is 1320. The molecular formula is C21H34N7O11P. The molecule has 5 atom stereocenters. The van der Waals surface area contributed by atoms with Crippen molar-refractivity contribution in [2.24, 2.45) is 0 Å². The van der Waals surface area contributed by atoms with Crippen LogP contribution in [-0.2, 0) is 30.3 Å². The van der Waals surface area contributed by atoms with Crippen molar-refractivity contribution < 1.29 is 48.8 Å². The summed E-state index contributed by atoms with van der Waals surface area (Å²) in [4.78, 5) is 37.5.